The highest BCUT2D eigenvalue weighted by molar-refractivity contribution is 5.75. The molecule has 120 valence electrons. The third-order valence-electron chi connectivity index (χ3n) is 4.47. The largest absolute Gasteiger partial charge is 0.356 e. The van der Waals surface area contributed by atoms with Crippen molar-refractivity contribution in [2.24, 2.45) is 35.3 Å². The third-order valence-corrected chi connectivity index (χ3v) is 4.47. The Labute approximate surface area is 126 Å². The Kier molecular flexibility index (Phi) is 9.91. The van der Waals surface area contributed by atoms with Gasteiger partial charge in [0.15, 0.2) is 0 Å². The summed E-state index contributed by atoms with van der Waals surface area (Å²) in [6.45, 7) is 14.9. The van der Waals surface area contributed by atoms with Crippen molar-refractivity contribution < 1.29 is 4.79 Å². The van der Waals surface area contributed by atoms with E-state index in [1.165, 1.54) is 0 Å². The highest BCUT2D eigenvalue weighted by Gasteiger charge is 2.19. The highest BCUT2D eigenvalue weighted by atomic mass is 16.1. The average Bonchev–Trinajstić information content (AvgIpc) is 2.33. The van der Waals surface area contributed by atoms with Gasteiger partial charge in [-0.15, -0.1) is 0 Å². The maximum atomic E-state index is 12.0. The summed E-state index contributed by atoms with van der Waals surface area (Å²) in [6, 6.07) is 0. The van der Waals surface area contributed by atoms with Crippen molar-refractivity contribution in [3.63, 3.8) is 0 Å². The molecule has 0 aromatic heterocycles. The lowest BCUT2D eigenvalue weighted by atomic mass is 9.85. The van der Waals surface area contributed by atoms with Gasteiger partial charge in [-0.1, -0.05) is 41.5 Å². The number of carbonyl (C=O) groups is 1. The predicted octanol–water partition coefficient (Wildman–Crippen LogP) is 3.43. The Balaban J connectivity index is 4.10. The zero-order chi connectivity index (χ0) is 15.7. The molecule has 1 atom stereocenters. The molecule has 1 unspecified atom stereocenters. The zero-order valence-electron chi connectivity index (χ0n) is 14.4. The lowest BCUT2D eigenvalue weighted by molar-refractivity contribution is -0.121. The molecular formula is C17H36N2O. The molecule has 0 bridgehead atoms. The first-order valence-corrected chi connectivity index (χ1v) is 8.26. The van der Waals surface area contributed by atoms with Gasteiger partial charge in [-0.2, -0.15) is 0 Å². The second-order valence-electron chi connectivity index (χ2n) is 7.08. The van der Waals surface area contributed by atoms with Crippen molar-refractivity contribution in [1.29, 1.82) is 0 Å². The van der Waals surface area contributed by atoms with Gasteiger partial charge in [0.25, 0.3) is 0 Å². The van der Waals surface area contributed by atoms with Gasteiger partial charge < -0.3 is 11.1 Å². The van der Waals surface area contributed by atoms with Gasteiger partial charge in [-0.05, 0) is 49.0 Å². The van der Waals surface area contributed by atoms with Crippen LogP contribution in [0.1, 0.15) is 60.8 Å². The van der Waals surface area contributed by atoms with E-state index in [1.54, 1.807) is 0 Å². The fourth-order valence-electron chi connectivity index (χ4n) is 2.90. The van der Waals surface area contributed by atoms with Crippen molar-refractivity contribution in [2.45, 2.75) is 60.8 Å². The summed E-state index contributed by atoms with van der Waals surface area (Å²) in [7, 11) is 0. The van der Waals surface area contributed by atoms with E-state index in [0.717, 1.165) is 19.4 Å². The van der Waals surface area contributed by atoms with Crippen LogP contribution in [0.4, 0.5) is 0 Å². The summed E-state index contributed by atoms with van der Waals surface area (Å²) >= 11 is 0. The summed E-state index contributed by atoms with van der Waals surface area (Å²) in [5.74, 6) is 3.14. The first-order chi connectivity index (χ1) is 9.29. The van der Waals surface area contributed by atoms with Crippen LogP contribution in [0.5, 0.6) is 0 Å². The van der Waals surface area contributed by atoms with Gasteiger partial charge in [0.05, 0.1) is 0 Å². The summed E-state index contributed by atoms with van der Waals surface area (Å²) in [6.07, 6.45) is 2.60. The van der Waals surface area contributed by atoms with E-state index in [1.807, 2.05) is 0 Å². The molecule has 20 heavy (non-hydrogen) atoms. The fourth-order valence-corrected chi connectivity index (χ4v) is 2.90. The minimum atomic E-state index is 0.193. The SMILES string of the molecule is CC(C)C(CCN)CCC(=O)NCC(C(C)C)C(C)C. The van der Waals surface area contributed by atoms with E-state index in [0.29, 0.717) is 42.6 Å². The van der Waals surface area contributed by atoms with Crippen LogP contribution in [-0.2, 0) is 4.79 Å². The van der Waals surface area contributed by atoms with Crippen LogP contribution in [0, 0.1) is 29.6 Å². The number of carbonyl (C=O) groups excluding carboxylic acids is 1. The van der Waals surface area contributed by atoms with Crippen molar-refractivity contribution in [2.75, 3.05) is 13.1 Å². The van der Waals surface area contributed by atoms with Gasteiger partial charge in [-0.3, -0.25) is 4.79 Å². The highest BCUT2D eigenvalue weighted by Crippen LogP contribution is 2.21. The Hall–Kier alpha value is -0.570. The standard InChI is InChI=1S/C17H36N2O/c1-12(2)15(9-10-18)7-8-17(20)19-11-16(13(3)4)14(5)6/h12-16H,7-11,18H2,1-6H3,(H,19,20). The molecule has 3 nitrogen and oxygen atoms in total. The topological polar surface area (TPSA) is 55.1 Å². The average molecular weight is 284 g/mol. The van der Waals surface area contributed by atoms with Crippen molar-refractivity contribution in [3.8, 4) is 0 Å². The fraction of sp³-hybridized carbons (Fsp3) is 0.941. The van der Waals surface area contributed by atoms with Crippen LogP contribution in [0.3, 0.4) is 0 Å². The summed E-state index contributed by atoms with van der Waals surface area (Å²) in [5.41, 5.74) is 5.64. The molecule has 0 rings (SSSR count). The van der Waals surface area contributed by atoms with Crippen molar-refractivity contribution >= 4 is 5.91 Å². The molecule has 0 saturated carbocycles. The molecule has 0 saturated heterocycles. The first-order valence-electron chi connectivity index (χ1n) is 8.26. The number of rotatable bonds is 10. The molecule has 0 aliphatic rings. The van der Waals surface area contributed by atoms with Crippen molar-refractivity contribution in [1.82, 2.24) is 5.32 Å². The van der Waals surface area contributed by atoms with Crippen LogP contribution in [0.25, 0.3) is 0 Å². The molecule has 0 heterocycles. The minimum absolute atomic E-state index is 0.193. The molecule has 0 fully saturated rings. The van der Waals surface area contributed by atoms with Crippen LogP contribution < -0.4 is 11.1 Å². The Morgan fingerprint density at radius 2 is 1.50 bits per heavy atom. The Bertz CT molecular complexity index is 254. The number of nitrogens with two attached hydrogens (primary N) is 1. The zero-order valence-corrected chi connectivity index (χ0v) is 14.4. The van der Waals surface area contributed by atoms with Gasteiger partial charge in [-0.25, -0.2) is 0 Å². The number of nitrogens with one attached hydrogen (secondary N) is 1. The summed E-state index contributed by atoms with van der Waals surface area (Å²) < 4.78 is 0. The van der Waals surface area contributed by atoms with Gasteiger partial charge >= 0.3 is 0 Å². The second kappa shape index (κ2) is 10.2. The van der Waals surface area contributed by atoms with Crippen LogP contribution >= 0.6 is 0 Å². The maximum absolute atomic E-state index is 12.0. The van der Waals surface area contributed by atoms with Crippen molar-refractivity contribution in [3.05, 3.63) is 0 Å². The Morgan fingerprint density at radius 3 is 1.90 bits per heavy atom. The number of amides is 1. The molecule has 0 aromatic rings. The van der Waals surface area contributed by atoms with Gasteiger partial charge in [0, 0.05) is 13.0 Å². The predicted molar refractivity (Wildman–Crippen MR) is 87.4 cm³/mol. The second-order valence-corrected chi connectivity index (χ2v) is 7.08. The number of hydrogen-bond acceptors (Lipinski definition) is 2. The minimum Gasteiger partial charge on any atom is -0.356 e. The normalized spacial score (nSPS) is 13.6. The molecule has 1 amide bonds. The van der Waals surface area contributed by atoms with Crippen LogP contribution in [0.15, 0.2) is 0 Å². The monoisotopic (exact) mass is 284 g/mol. The van der Waals surface area contributed by atoms with E-state index in [-0.39, 0.29) is 5.91 Å². The van der Waals surface area contributed by atoms with E-state index in [2.05, 4.69) is 46.9 Å². The molecule has 0 aliphatic heterocycles. The number of hydrogen-bond donors (Lipinski definition) is 2. The van der Waals surface area contributed by atoms with Crippen LogP contribution in [-0.4, -0.2) is 19.0 Å². The van der Waals surface area contributed by atoms with Gasteiger partial charge in [0.1, 0.15) is 0 Å². The third kappa shape index (κ3) is 7.88. The maximum Gasteiger partial charge on any atom is 0.220 e. The van der Waals surface area contributed by atoms with E-state index >= 15 is 0 Å². The molecule has 3 N–H and O–H groups in total. The lowest BCUT2D eigenvalue weighted by Crippen LogP contribution is -2.34. The van der Waals surface area contributed by atoms with Crippen LogP contribution in [0.2, 0.25) is 0 Å². The molecule has 0 spiro atoms. The molecule has 0 aromatic carbocycles. The molecular weight excluding hydrogens is 248 g/mol. The summed E-state index contributed by atoms with van der Waals surface area (Å²) in [5, 5.41) is 3.11. The summed E-state index contributed by atoms with van der Waals surface area (Å²) in [4.78, 5) is 12.0. The van der Waals surface area contributed by atoms with E-state index in [9.17, 15) is 4.79 Å². The quantitative estimate of drug-likeness (QED) is 0.646. The molecule has 3 heteroatoms. The molecule has 0 aliphatic carbocycles. The lowest BCUT2D eigenvalue weighted by Gasteiger charge is -2.25. The molecule has 0 radical (unpaired) electrons. The van der Waals surface area contributed by atoms with Gasteiger partial charge in [0.2, 0.25) is 5.91 Å². The smallest absolute Gasteiger partial charge is 0.220 e. The van der Waals surface area contributed by atoms with E-state index < -0.39 is 0 Å². The first kappa shape index (κ1) is 19.4. The Morgan fingerprint density at radius 1 is 0.950 bits per heavy atom. The van der Waals surface area contributed by atoms with E-state index in [4.69, 9.17) is 5.73 Å².